The molecule has 0 aromatic heterocycles. The highest BCUT2D eigenvalue weighted by molar-refractivity contribution is 6.02. The van der Waals surface area contributed by atoms with Gasteiger partial charge in [-0.1, -0.05) is 0 Å². The maximum Gasteiger partial charge on any atom is 0.254 e. The molecule has 0 fully saturated rings. The third-order valence-corrected chi connectivity index (χ3v) is 2.52. The number of nitrogen functional groups attached to an aromatic ring is 1. The Balaban J connectivity index is 3.04. The molecule has 2 amide bonds. The quantitative estimate of drug-likeness (QED) is 0.651. The number of primary amides is 1. The summed E-state index contributed by atoms with van der Waals surface area (Å²) in [6.45, 7) is 1.53. The van der Waals surface area contributed by atoms with Crippen molar-refractivity contribution in [3.05, 3.63) is 23.8 Å². The summed E-state index contributed by atoms with van der Waals surface area (Å²) in [4.78, 5) is 24.8. The Morgan fingerprint density at radius 1 is 1.33 bits per heavy atom. The molecule has 0 heterocycles. The summed E-state index contributed by atoms with van der Waals surface area (Å²) in [6.07, 6.45) is 0. The monoisotopic (exact) mass is 250 g/mol. The average molecular weight is 250 g/mol. The van der Waals surface area contributed by atoms with Gasteiger partial charge in [0.25, 0.3) is 5.91 Å². The fraction of sp³-hybridized carbons (Fsp3) is 0.333. The van der Waals surface area contributed by atoms with E-state index >= 15 is 0 Å². The van der Waals surface area contributed by atoms with Crippen molar-refractivity contribution < 1.29 is 9.59 Å². The number of carbonyl (C=O) groups excluding carboxylic acids is 2. The van der Waals surface area contributed by atoms with Crippen LogP contribution in [0.3, 0.4) is 0 Å². The van der Waals surface area contributed by atoms with Crippen LogP contribution in [0.15, 0.2) is 18.2 Å². The number of amides is 2. The largest absolute Gasteiger partial charge is 0.399 e. The Bertz CT molecular complexity index is 471. The van der Waals surface area contributed by atoms with E-state index in [1.54, 1.807) is 23.1 Å². The first-order chi connectivity index (χ1) is 8.32. The lowest BCUT2D eigenvalue weighted by Crippen LogP contribution is -2.42. The zero-order chi connectivity index (χ0) is 13.9. The Morgan fingerprint density at radius 2 is 1.94 bits per heavy atom. The molecule has 1 atom stereocenters. The van der Waals surface area contributed by atoms with Crippen molar-refractivity contribution in [2.75, 3.05) is 24.7 Å². The Hall–Kier alpha value is -2.24. The summed E-state index contributed by atoms with van der Waals surface area (Å²) in [5, 5.41) is 2.52. The summed E-state index contributed by atoms with van der Waals surface area (Å²) in [7, 11) is 3.64. The van der Waals surface area contributed by atoms with Gasteiger partial charge in [-0.3, -0.25) is 9.59 Å². The molecule has 98 valence electrons. The molecule has 5 N–H and O–H groups in total. The van der Waals surface area contributed by atoms with Gasteiger partial charge in [0.15, 0.2) is 0 Å². The number of benzene rings is 1. The molecule has 0 aliphatic heterocycles. The zero-order valence-corrected chi connectivity index (χ0v) is 10.7. The summed E-state index contributed by atoms with van der Waals surface area (Å²) in [5.41, 5.74) is 12.4. The third-order valence-electron chi connectivity index (χ3n) is 2.52. The van der Waals surface area contributed by atoms with Crippen LogP contribution in [0, 0.1) is 0 Å². The maximum absolute atomic E-state index is 12.0. The summed E-state index contributed by atoms with van der Waals surface area (Å²) in [6, 6.07) is 4.30. The minimum absolute atomic E-state index is 0.377. The highest BCUT2D eigenvalue weighted by atomic mass is 16.2. The first-order valence-corrected chi connectivity index (χ1v) is 5.50. The first kappa shape index (κ1) is 13.8. The zero-order valence-electron chi connectivity index (χ0n) is 10.7. The van der Waals surface area contributed by atoms with Crippen LogP contribution in [0.5, 0.6) is 0 Å². The van der Waals surface area contributed by atoms with Gasteiger partial charge < -0.3 is 21.7 Å². The molecule has 1 rings (SSSR count). The van der Waals surface area contributed by atoms with Gasteiger partial charge in [-0.15, -0.1) is 0 Å². The second-order valence-corrected chi connectivity index (χ2v) is 4.27. The lowest BCUT2D eigenvalue weighted by molar-refractivity contribution is -0.119. The van der Waals surface area contributed by atoms with Gasteiger partial charge in [0.1, 0.15) is 6.04 Å². The van der Waals surface area contributed by atoms with E-state index in [4.69, 9.17) is 11.5 Å². The van der Waals surface area contributed by atoms with Crippen molar-refractivity contribution in [2.45, 2.75) is 13.0 Å². The van der Waals surface area contributed by atoms with Crippen LogP contribution in [0.25, 0.3) is 0 Å². The number of rotatable bonds is 4. The molecule has 0 aliphatic carbocycles. The smallest absolute Gasteiger partial charge is 0.254 e. The molecular formula is C12H18N4O2. The lowest BCUT2D eigenvalue weighted by Gasteiger charge is -2.18. The number of carbonyl (C=O) groups is 2. The second-order valence-electron chi connectivity index (χ2n) is 4.27. The van der Waals surface area contributed by atoms with Crippen LogP contribution in [-0.4, -0.2) is 32.0 Å². The van der Waals surface area contributed by atoms with Crippen LogP contribution < -0.4 is 21.7 Å². The third kappa shape index (κ3) is 3.13. The van der Waals surface area contributed by atoms with E-state index in [9.17, 15) is 9.59 Å². The predicted octanol–water partition coefficient (Wildman–Crippen LogP) is -0.0616. The van der Waals surface area contributed by atoms with E-state index in [-0.39, 0.29) is 5.91 Å². The van der Waals surface area contributed by atoms with Gasteiger partial charge in [-0.05, 0) is 25.1 Å². The van der Waals surface area contributed by atoms with Gasteiger partial charge in [-0.2, -0.15) is 0 Å². The Kier molecular flexibility index (Phi) is 4.14. The summed E-state index contributed by atoms with van der Waals surface area (Å²) in [5.74, 6) is -0.962. The standard InChI is InChI=1S/C12H18N4O2/c1-7(11(14)17)15-12(18)9-6-8(13)4-5-10(9)16(2)3/h4-7H,13H2,1-3H3,(H2,14,17)(H,15,18). The molecule has 0 bridgehead atoms. The fourth-order valence-electron chi connectivity index (χ4n) is 1.47. The van der Waals surface area contributed by atoms with Crippen molar-refractivity contribution >= 4 is 23.2 Å². The minimum atomic E-state index is -0.728. The van der Waals surface area contributed by atoms with Crippen LogP contribution in [-0.2, 0) is 4.79 Å². The van der Waals surface area contributed by atoms with E-state index in [0.29, 0.717) is 11.3 Å². The van der Waals surface area contributed by atoms with Gasteiger partial charge in [0, 0.05) is 25.5 Å². The molecule has 1 unspecified atom stereocenters. The molecule has 1 aromatic rings. The van der Waals surface area contributed by atoms with Gasteiger partial charge in [0.2, 0.25) is 5.91 Å². The molecule has 0 spiro atoms. The van der Waals surface area contributed by atoms with Crippen LogP contribution in [0.2, 0.25) is 0 Å². The number of anilines is 2. The van der Waals surface area contributed by atoms with Crippen molar-refractivity contribution in [3.8, 4) is 0 Å². The highest BCUT2D eigenvalue weighted by Gasteiger charge is 2.17. The Labute approximate surface area is 106 Å². The van der Waals surface area contributed by atoms with E-state index < -0.39 is 11.9 Å². The first-order valence-electron chi connectivity index (χ1n) is 5.50. The molecule has 0 aliphatic rings. The van der Waals surface area contributed by atoms with Crippen molar-refractivity contribution in [1.29, 1.82) is 0 Å². The predicted molar refractivity (Wildman–Crippen MR) is 71.3 cm³/mol. The van der Waals surface area contributed by atoms with Crippen LogP contribution in [0.4, 0.5) is 11.4 Å². The highest BCUT2D eigenvalue weighted by Crippen LogP contribution is 2.21. The normalized spacial score (nSPS) is 11.7. The topological polar surface area (TPSA) is 101 Å². The molecule has 0 saturated carbocycles. The molecular weight excluding hydrogens is 232 g/mol. The van der Waals surface area contributed by atoms with Gasteiger partial charge in [-0.25, -0.2) is 0 Å². The molecule has 18 heavy (non-hydrogen) atoms. The number of nitrogens with one attached hydrogen (secondary N) is 1. The van der Waals surface area contributed by atoms with Gasteiger partial charge in [0.05, 0.1) is 5.56 Å². The fourth-order valence-corrected chi connectivity index (χ4v) is 1.47. The van der Waals surface area contributed by atoms with Crippen molar-refractivity contribution in [1.82, 2.24) is 5.32 Å². The molecule has 0 saturated heterocycles. The van der Waals surface area contributed by atoms with E-state index in [1.165, 1.54) is 6.92 Å². The number of hydrogen-bond acceptors (Lipinski definition) is 4. The van der Waals surface area contributed by atoms with E-state index in [0.717, 1.165) is 5.69 Å². The van der Waals surface area contributed by atoms with E-state index in [2.05, 4.69) is 5.32 Å². The molecule has 0 radical (unpaired) electrons. The number of hydrogen-bond donors (Lipinski definition) is 3. The number of nitrogens with two attached hydrogens (primary N) is 2. The number of nitrogens with zero attached hydrogens (tertiary/aromatic N) is 1. The Morgan fingerprint density at radius 3 is 2.44 bits per heavy atom. The maximum atomic E-state index is 12.0. The van der Waals surface area contributed by atoms with E-state index in [1.807, 2.05) is 14.1 Å². The average Bonchev–Trinajstić information content (AvgIpc) is 2.28. The summed E-state index contributed by atoms with van der Waals surface area (Å²) < 4.78 is 0. The molecule has 1 aromatic carbocycles. The van der Waals surface area contributed by atoms with Crippen molar-refractivity contribution in [3.63, 3.8) is 0 Å². The molecule has 6 nitrogen and oxygen atoms in total. The van der Waals surface area contributed by atoms with Crippen LogP contribution in [0.1, 0.15) is 17.3 Å². The summed E-state index contributed by atoms with van der Waals surface area (Å²) >= 11 is 0. The van der Waals surface area contributed by atoms with Crippen LogP contribution >= 0.6 is 0 Å². The molecule has 6 heteroatoms. The minimum Gasteiger partial charge on any atom is -0.399 e. The second kappa shape index (κ2) is 5.39. The SMILES string of the molecule is CC(NC(=O)c1cc(N)ccc1N(C)C)C(N)=O. The van der Waals surface area contributed by atoms with Gasteiger partial charge >= 0.3 is 0 Å². The lowest BCUT2D eigenvalue weighted by atomic mass is 10.1. The van der Waals surface area contributed by atoms with Crippen molar-refractivity contribution in [2.24, 2.45) is 5.73 Å².